The highest BCUT2D eigenvalue weighted by molar-refractivity contribution is 5.31. The Morgan fingerprint density at radius 3 is 2.62 bits per heavy atom. The van der Waals surface area contributed by atoms with E-state index in [4.69, 9.17) is 4.74 Å². The summed E-state index contributed by atoms with van der Waals surface area (Å²) in [6, 6.07) is 4.28. The molecule has 1 saturated carbocycles. The van der Waals surface area contributed by atoms with Gasteiger partial charge in [-0.2, -0.15) is 0 Å². The van der Waals surface area contributed by atoms with E-state index in [-0.39, 0.29) is 0 Å². The van der Waals surface area contributed by atoms with Crippen LogP contribution in [0.2, 0.25) is 0 Å². The van der Waals surface area contributed by atoms with Crippen molar-refractivity contribution in [2.24, 2.45) is 11.3 Å². The van der Waals surface area contributed by atoms with Crippen molar-refractivity contribution in [3.63, 3.8) is 0 Å². The van der Waals surface area contributed by atoms with Gasteiger partial charge in [0.15, 0.2) is 0 Å². The lowest BCUT2D eigenvalue weighted by Crippen LogP contribution is -2.38. The standard InChI is InChI=1S/C18H30N2O/c1-5-19-17(16-15(21-4)9-8-12-20-16)18(13-14(2)3)10-6-7-11-18/h8-9,12,14,17,19H,5-7,10-11,13H2,1-4H3. The van der Waals surface area contributed by atoms with Crippen LogP contribution in [0.5, 0.6) is 5.75 Å². The maximum absolute atomic E-state index is 5.58. The Morgan fingerprint density at radius 1 is 1.33 bits per heavy atom. The zero-order valence-electron chi connectivity index (χ0n) is 14.0. The van der Waals surface area contributed by atoms with E-state index >= 15 is 0 Å². The Kier molecular flexibility index (Phi) is 5.63. The summed E-state index contributed by atoms with van der Waals surface area (Å²) in [5.41, 5.74) is 1.41. The molecule has 118 valence electrons. The molecule has 1 heterocycles. The first-order chi connectivity index (χ1) is 10.1. The second-order valence-corrected chi connectivity index (χ2v) is 6.75. The van der Waals surface area contributed by atoms with Crippen LogP contribution < -0.4 is 10.1 Å². The van der Waals surface area contributed by atoms with Gasteiger partial charge in [-0.1, -0.05) is 33.6 Å². The number of ether oxygens (including phenoxy) is 1. The normalized spacial score (nSPS) is 18.9. The average molecular weight is 290 g/mol. The molecule has 21 heavy (non-hydrogen) atoms. The van der Waals surface area contributed by atoms with Gasteiger partial charge in [0.2, 0.25) is 0 Å². The number of aromatic nitrogens is 1. The minimum Gasteiger partial charge on any atom is -0.495 e. The Hall–Kier alpha value is -1.09. The maximum Gasteiger partial charge on any atom is 0.142 e. The molecule has 1 aliphatic carbocycles. The smallest absolute Gasteiger partial charge is 0.142 e. The summed E-state index contributed by atoms with van der Waals surface area (Å²) in [4.78, 5) is 4.68. The fourth-order valence-electron chi connectivity index (χ4n) is 4.10. The topological polar surface area (TPSA) is 34.2 Å². The van der Waals surface area contributed by atoms with E-state index in [9.17, 15) is 0 Å². The van der Waals surface area contributed by atoms with Crippen molar-refractivity contribution in [2.45, 2.75) is 58.9 Å². The first-order valence-corrected chi connectivity index (χ1v) is 8.35. The maximum atomic E-state index is 5.58. The highest BCUT2D eigenvalue weighted by Gasteiger charge is 2.43. The third-order valence-electron chi connectivity index (χ3n) is 4.73. The number of methoxy groups -OCH3 is 1. The molecule has 2 rings (SSSR count). The SMILES string of the molecule is CCNC(c1ncccc1OC)C1(CC(C)C)CCCC1. The van der Waals surface area contributed by atoms with Crippen molar-refractivity contribution in [1.29, 1.82) is 0 Å². The van der Waals surface area contributed by atoms with Crippen LogP contribution >= 0.6 is 0 Å². The summed E-state index contributed by atoms with van der Waals surface area (Å²) >= 11 is 0. The molecular weight excluding hydrogens is 260 g/mol. The van der Waals surface area contributed by atoms with Gasteiger partial charge in [0.25, 0.3) is 0 Å². The van der Waals surface area contributed by atoms with Crippen molar-refractivity contribution in [2.75, 3.05) is 13.7 Å². The number of hydrogen-bond acceptors (Lipinski definition) is 3. The van der Waals surface area contributed by atoms with E-state index in [1.54, 1.807) is 7.11 Å². The minimum absolute atomic E-state index is 0.295. The molecular formula is C18H30N2O. The molecule has 1 unspecified atom stereocenters. The number of nitrogens with zero attached hydrogens (tertiary/aromatic N) is 1. The highest BCUT2D eigenvalue weighted by atomic mass is 16.5. The fraction of sp³-hybridized carbons (Fsp3) is 0.722. The monoisotopic (exact) mass is 290 g/mol. The molecule has 1 fully saturated rings. The molecule has 1 atom stereocenters. The molecule has 0 amide bonds. The van der Waals surface area contributed by atoms with E-state index in [0.717, 1.165) is 18.0 Å². The molecule has 1 aromatic rings. The van der Waals surface area contributed by atoms with Crippen LogP contribution in [0.1, 0.15) is 64.6 Å². The predicted octanol–water partition coefficient (Wildman–Crippen LogP) is 4.35. The second kappa shape index (κ2) is 7.26. The quantitative estimate of drug-likeness (QED) is 0.810. The Labute approximate surface area is 129 Å². The Bertz CT molecular complexity index is 439. The fourth-order valence-corrected chi connectivity index (χ4v) is 4.10. The van der Waals surface area contributed by atoms with Crippen LogP contribution in [-0.2, 0) is 0 Å². The third kappa shape index (κ3) is 3.57. The predicted molar refractivity (Wildman–Crippen MR) is 87.6 cm³/mol. The van der Waals surface area contributed by atoms with Crippen LogP contribution in [0.25, 0.3) is 0 Å². The number of nitrogens with one attached hydrogen (secondary N) is 1. The van der Waals surface area contributed by atoms with Gasteiger partial charge < -0.3 is 10.1 Å². The third-order valence-corrected chi connectivity index (χ3v) is 4.73. The zero-order chi connectivity index (χ0) is 15.3. The zero-order valence-corrected chi connectivity index (χ0v) is 14.0. The lowest BCUT2D eigenvalue weighted by atomic mass is 9.71. The lowest BCUT2D eigenvalue weighted by Gasteiger charge is -2.39. The van der Waals surface area contributed by atoms with E-state index in [1.165, 1.54) is 32.1 Å². The van der Waals surface area contributed by atoms with Crippen LogP contribution in [0.4, 0.5) is 0 Å². The average Bonchev–Trinajstić information content (AvgIpc) is 2.93. The van der Waals surface area contributed by atoms with E-state index in [2.05, 4.69) is 31.1 Å². The van der Waals surface area contributed by atoms with Crippen LogP contribution in [0.3, 0.4) is 0 Å². The summed E-state index contributed by atoms with van der Waals surface area (Å²) in [6.45, 7) is 7.81. The van der Waals surface area contributed by atoms with Crippen molar-refractivity contribution in [3.05, 3.63) is 24.0 Å². The van der Waals surface area contributed by atoms with Gasteiger partial charge in [-0.15, -0.1) is 0 Å². The van der Waals surface area contributed by atoms with Gasteiger partial charge in [-0.25, -0.2) is 0 Å². The van der Waals surface area contributed by atoms with Crippen molar-refractivity contribution < 1.29 is 4.74 Å². The largest absolute Gasteiger partial charge is 0.495 e. The van der Waals surface area contributed by atoms with Gasteiger partial charge in [-0.3, -0.25) is 4.98 Å². The van der Waals surface area contributed by atoms with E-state index in [0.29, 0.717) is 17.4 Å². The highest BCUT2D eigenvalue weighted by Crippen LogP contribution is 2.52. The molecule has 0 aliphatic heterocycles. The van der Waals surface area contributed by atoms with Crippen molar-refractivity contribution in [3.8, 4) is 5.75 Å². The van der Waals surface area contributed by atoms with Gasteiger partial charge >= 0.3 is 0 Å². The summed E-state index contributed by atoms with van der Waals surface area (Å²) in [7, 11) is 1.74. The van der Waals surface area contributed by atoms with Crippen LogP contribution in [0.15, 0.2) is 18.3 Å². The van der Waals surface area contributed by atoms with Crippen molar-refractivity contribution in [1.82, 2.24) is 10.3 Å². The lowest BCUT2D eigenvalue weighted by molar-refractivity contribution is 0.151. The summed E-state index contributed by atoms with van der Waals surface area (Å²) in [5.74, 6) is 1.62. The first-order valence-electron chi connectivity index (χ1n) is 8.35. The molecule has 0 radical (unpaired) electrons. The van der Waals surface area contributed by atoms with Gasteiger partial charge in [-0.05, 0) is 49.3 Å². The summed E-state index contributed by atoms with van der Waals surface area (Å²) < 4.78 is 5.58. The number of hydrogen-bond donors (Lipinski definition) is 1. The molecule has 0 aromatic carbocycles. The van der Waals surface area contributed by atoms with Crippen LogP contribution in [-0.4, -0.2) is 18.6 Å². The molecule has 3 heteroatoms. The number of pyridine rings is 1. The van der Waals surface area contributed by atoms with Gasteiger partial charge in [0.1, 0.15) is 5.75 Å². The molecule has 0 saturated heterocycles. The molecule has 0 bridgehead atoms. The Morgan fingerprint density at radius 2 is 2.05 bits per heavy atom. The van der Waals surface area contributed by atoms with E-state index < -0.39 is 0 Å². The minimum atomic E-state index is 0.295. The molecule has 0 spiro atoms. The van der Waals surface area contributed by atoms with Crippen molar-refractivity contribution >= 4 is 0 Å². The second-order valence-electron chi connectivity index (χ2n) is 6.75. The Balaban J connectivity index is 2.40. The van der Waals surface area contributed by atoms with Gasteiger partial charge in [0.05, 0.1) is 18.8 Å². The molecule has 1 aliphatic rings. The molecule has 3 nitrogen and oxygen atoms in total. The number of rotatable bonds is 7. The van der Waals surface area contributed by atoms with Crippen LogP contribution in [0, 0.1) is 11.3 Å². The van der Waals surface area contributed by atoms with Gasteiger partial charge in [0, 0.05) is 6.20 Å². The summed E-state index contributed by atoms with van der Waals surface area (Å²) in [6.07, 6.45) is 8.41. The first kappa shape index (κ1) is 16.3. The van der Waals surface area contributed by atoms with E-state index in [1.807, 2.05) is 18.3 Å². The summed E-state index contributed by atoms with van der Waals surface area (Å²) in [5, 5.41) is 3.72. The molecule has 1 aromatic heterocycles. The molecule has 1 N–H and O–H groups in total.